The van der Waals surface area contributed by atoms with E-state index in [0.717, 1.165) is 17.3 Å². The fraction of sp³-hybridized carbons (Fsp3) is 0.222. The van der Waals surface area contributed by atoms with E-state index in [0.29, 0.717) is 34.2 Å². The maximum absolute atomic E-state index is 12.3. The summed E-state index contributed by atoms with van der Waals surface area (Å²) in [5.41, 5.74) is 0.667. The molecule has 0 aliphatic heterocycles. The van der Waals surface area contributed by atoms with E-state index in [-0.39, 0.29) is 5.75 Å². The van der Waals surface area contributed by atoms with Gasteiger partial charge in [-0.25, -0.2) is 4.79 Å². The van der Waals surface area contributed by atoms with Crippen LogP contribution in [0.4, 0.5) is 0 Å². The Labute approximate surface area is 157 Å². The van der Waals surface area contributed by atoms with Crippen molar-refractivity contribution in [2.45, 2.75) is 19.8 Å². The number of esters is 1. The van der Waals surface area contributed by atoms with Crippen molar-refractivity contribution in [1.29, 1.82) is 0 Å². The van der Waals surface area contributed by atoms with Gasteiger partial charge in [0.2, 0.25) is 0 Å². The predicted molar refractivity (Wildman–Crippen MR) is 99.0 cm³/mol. The van der Waals surface area contributed by atoms with Crippen LogP contribution in [-0.2, 0) is 0 Å². The van der Waals surface area contributed by atoms with E-state index in [1.54, 1.807) is 36.4 Å². The first-order valence-corrected chi connectivity index (χ1v) is 9.03. The third-order valence-corrected chi connectivity index (χ3v) is 4.34. The molecule has 126 valence electrons. The van der Waals surface area contributed by atoms with E-state index in [4.69, 9.17) is 9.47 Å². The summed E-state index contributed by atoms with van der Waals surface area (Å²) in [5, 5.41) is 0. The second kappa shape index (κ2) is 8.99. The highest BCUT2D eigenvalue weighted by Gasteiger charge is 2.14. The third kappa shape index (κ3) is 4.92. The highest BCUT2D eigenvalue weighted by atomic mass is 79.9. The van der Waals surface area contributed by atoms with Crippen molar-refractivity contribution in [2.24, 2.45) is 0 Å². The molecule has 0 aliphatic rings. The smallest absolute Gasteiger partial charge is 0.343 e. The van der Waals surface area contributed by atoms with Gasteiger partial charge in [-0.05, 0) is 58.7 Å². The Hall–Kier alpha value is -1.66. The highest BCUT2D eigenvalue weighted by molar-refractivity contribution is 9.10. The molecule has 0 spiro atoms. The third-order valence-electron chi connectivity index (χ3n) is 3.22. The lowest BCUT2D eigenvalue weighted by Gasteiger charge is -2.10. The molecule has 6 heteroatoms. The van der Waals surface area contributed by atoms with Crippen LogP contribution in [0.15, 0.2) is 45.3 Å². The molecule has 4 nitrogen and oxygen atoms in total. The zero-order valence-corrected chi connectivity index (χ0v) is 16.2. The van der Waals surface area contributed by atoms with Crippen LogP contribution in [0.3, 0.4) is 0 Å². The Balaban J connectivity index is 2.13. The summed E-state index contributed by atoms with van der Waals surface area (Å²) in [6, 6.07) is 9.87. The number of ether oxygens (including phenoxy) is 2. The average Bonchev–Trinajstić information content (AvgIpc) is 2.57. The van der Waals surface area contributed by atoms with E-state index in [1.807, 2.05) is 0 Å². The SMILES string of the molecule is CCCCOc1ccc(C(=O)Oc2ccc(Br)cc2C=O)cc1Br. The quantitative estimate of drug-likeness (QED) is 0.242. The first-order valence-electron chi connectivity index (χ1n) is 7.44. The number of hydrogen-bond acceptors (Lipinski definition) is 4. The van der Waals surface area contributed by atoms with Gasteiger partial charge in [-0.1, -0.05) is 29.3 Å². The molecule has 2 aromatic rings. The van der Waals surface area contributed by atoms with Crippen molar-refractivity contribution < 1.29 is 19.1 Å². The van der Waals surface area contributed by atoms with Gasteiger partial charge in [-0.2, -0.15) is 0 Å². The van der Waals surface area contributed by atoms with Crippen LogP contribution in [0.1, 0.15) is 40.5 Å². The topological polar surface area (TPSA) is 52.6 Å². The summed E-state index contributed by atoms with van der Waals surface area (Å²) < 4.78 is 12.4. The lowest BCUT2D eigenvalue weighted by atomic mass is 10.2. The summed E-state index contributed by atoms with van der Waals surface area (Å²) in [6.07, 6.45) is 2.66. The number of carbonyl (C=O) groups is 2. The largest absolute Gasteiger partial charge is 0.492 e. The maximum atomic E-state index is 12.3. The standard InChI is InChI=1S/C18H16Br2O4/c1-2-3-8-23-17-6-4-12(10-15(17)20)18(22)24-16-7-5-14(19)9-13(16)11-21/h4-7,9-11H,2-3,8H2,1H3. The second-order valence-corrected chi connectivity index (χ2v) is 6.81. The molecule has 0 radical (unpaired) electrons. The van der Waals surface area contributed by atoms with Crippen LogP contribution < -0.4 is 9.47 Å². The monoisotopic (exact) mass is 454 g/mol. The molecular formula is C18H16Br2O4. The van der Waals surface area contributed by atoms with E-state index >= 15 is 0 Å². The molecule has 0 saturated carbocycles. The zero-order chi connectivity index (χ0) is 17.5. The summed E-state index contributed by atoms with van der Waals surface area (Å²) in [6.45, 7) is 2.72. The van der Waals surface area contributed by atoms with E-state index < -0.39 is 5.97 Å². The summed E-state index contributed by atoms with van der Waals surface area (Å²) in [4.78, 5) is 23.4. The molecule has 0 fully saturated rings. The van der Waals surface area contributed by atoms with Crippen LogP contribution in [0.5, 0.6) is 11.5 Å². The molecule has 0 atom stereocenters. The maximum Gasteiger partial charge on any atom is 0.343 e. The Morgan fingerprint density at radius 2 is 1.88 bits per heavy atom. The summed E-state index contributed by atoms with van der Waals surface area (Å²) >= 11 is 6.67. The normalized spacial score (nSPS) is 10.3. The number of aldehydes is 1. The van der Waals surface area contributed by atoms with Crippen molar-refractivity contribution in [3.63, 3.8) is 0 Å². The molecule has 0 heterocycles. The molecule has 0 saturated heterocycles. The van der Waals surface area contributed by atoms with Gasteiger partial charge in [0.05, 0.1) is 22.2 Å². The average molecular weight is 456 g/mol. The predicted octanol–water partition coefficient (Wildman–Crippen LogP) is 5.42. The van der Waals surface area contributed by atoms with Crippen LogP contribution in [0.25, 0.3) is 0 Å². The van der Waals surface area contributed by atoms with Crippen LogP contribution in [-0.4, -0.2) is 18.9 Å². The number of hydrogen-bond donors (Lipinski definition) is 0. The van der Waals surface area contributed by atoms with Gasteiger partial charge in [-0.3, -0.25) is 4.79 Å². The first kappa shape index (κ1) is 18.7. The van der Waals surface area contributed by atoms with Crippen LogP contribution in [0, 0.1) is 0 Å². The Bertz CT molecular complexity index is 744. The fourth-order valence-electron chi connectivity index (χ4n) is 1.93. The van der Waals surface area contributed by atoms with Gasteiger partial charge >= 0.3 is 5.97 Å². The second-order valence-electron chi connectivity index (χ2n) is 5.04. The van der Waals surface area contributed by atoms with Gasteiger partial charge in [-0.15, -0.1) is 0 Å². The molecule has 0 bridgehead atoms. The van der Waals surface area contributed by atoms with Gasteiger partial charge in [0.25, 0.3) is 0 Å². The molecular weight excluding hydrogens is 440 g/mol. The minimum absolute atomic E-state index is 0.220. The lowest BCUT2D eigenvalue weighted by molar-refractivity contribution is 0.0733. The van der Waals surface area contributed by atoms with E-state index in [2.05, 4.69) is 38.8 Å². The van der Waals surface area contributed by atoms with E-state index in [1.165, 1.54) is 0 Å². The number of benzene rings is 2. The Kier molecular flexibility index (Phi) is 6.99. The van der Waals surface area contributed by atoms with Crippen molar-refractivity contribution in [3.8, 4) is 11.5 Å². The molecule has 2 rings (SSSR count). The molecule has 24 heavy (non-hydrogen) atoms. The highest BCUT2D eigenvalue weighted by Crippen LogP contribution is 2.28. The van der Waals surface area contributed by atoms with Gasteiger partial charge < -0.3 is 9.47 Å². The summed E-state index contributed by atoms with van der Waals surface area (Å²) in [5.74, 6) is 0.357. The minimum Gasteiger partial charge on any atom is -0.492 e. The van der Waals surface area contributed by atoms with Gasteiger partial charge in [0, 0.05) is 4.47 Å². The van der Waals surface area contributed by atoms with Crippen LogP contribution in [0.2, 0.25) is 0 Å². The van der Waals surface area contributed by atoms with Crippen molar-refractivity contribution in [2.75, 3.05) is 6.61 Å². The number of halogens is 2. The molecule has 0 N–H and O–H groups in total. The van der Waals surface area contributed by atoms with Crippen molar-refractivity contribution in [3.05, 3.63) is 56.5 Å². The number of unbranched alkanes of at least 4 members (excludes halogenated alkanes) is 1. The van der Waals surface area contributed by atoms with Gasteiger partial charge in [0.15, 0.2) is 6.29 Å². The Morgan fingerprint density at radius 3 is 2.54 bits per heavy atom. The Morgan fingerprint density at radius 1 is 1.12 bits per heavy atom. The van der Waals surface area contributed by atoms with E-state index in [9.17, 15) is 9.59 Å². The van der Waals surface area contributed by atoms with Crippen LogP contribution >= 0.6 is 31.9 Å². The number of carbonyl (C=O) groups excluding carboxylic acids is 2. The lowest BCUT2D eigenvalue weighted by Crippen LogP contribution is -2.10. The zero-order valence-electron chi connectivity index (χ0n) is 13.1. The van der Waals surface area contributed by atoms with Crippen molar-refractivity contribution >= 4 is 44.1 Å². The molecule has 0 amide bonds. The molecule has 0 aliphatic carbocycles. The fourth-order valence-corrected chi connectivity index (χ4v) is 2.81. The molecule has 0 aromatic heterocycles. The summed E-state index contributed by atoms with van der Waals surface area (Å²) in [7, 11) is 0. The number of rotatable bonds is 7. The van der Waals surface area contributed by atoms with Crippen molar-refractivity contribution in [1.82, 2.24) is 0 Å². The minimum atomic E-state index is -0.541. The first-order chi connectivity index (χ1) is 11.5. The molecule has 2 aromatic carbocycles. The van der Waals surface area contributed by atoms with Gasteiger partial charge in [0.1, 0.15) is 11.5 Å². The molecule has 0 unspecified atom stereocenters.